The molecule has 0 spiro atoms. The van der Waals surface area contributed by atoms with Gasteiger partial charge in [-0.3, -0.25) is 9.78 Å². The number of nitrogens with one attached hydrogen (secondary N) is 1. The van der Waals surface area contributed by atoms with Crippen LogP contribution in [0.5, 0.6) is 0 Å². The van der Waals surface area contributed by atoms with Gasteiger partial charge in [-0.25, -0.2) is 9.78 Å². The molecule has 1 aromatic carbocycles. The Kier molecular flexibility index (Phi) is 5.63. The molecule has 8 heteroatoms. The molecule has 1 aliphatic rings. The summed E-state index contributed by atoms with van der Waals surface area (Å²) in [7, 11) is 0. The molecule has 150 valence electrons. The monoisotopic (exact) mass is 418 g/mol. The fraction of sp³-hybridized carbons (Fsp3) is 0.227. The fourth-order valence-electron chi connectivity index (χ4n) is 3.15. The molecule has 30 heavy (non-hydrogen) atoms. The van der Waals surface area contributed by atoms with Gasteiger partial charge in [0.05, 0.1) is 22.3 Å². The summed E-state index contributed by atoms with van der Waals surface area (Å²) in [5.41, 5.74) is 2.46. The number of hydrogen-bond acceptors (Lipinski definition) is 7. The first-order valence-corrected chi connectivity index (χ1v) is 10.6. The highest BCUT2D eigenvalue weighted by molar-refractivity contribution is 7.98. The Morgan fingerprint density at radius 3 is 2.87 bits per heavy atom. The smallest absolute Gasteiger partial charge is 0.340 e. The zero-order valence-corrected chi connectivity index (χ0v) is 17.0. The minimum absolute atomic E-state index is 0.154. The van der Waals surface area contributed by atoms with Gasteiger partial charge in [-0.15, -0.1) is 11.8 Å². The number of esters is 1. The molecule has 0 saturated heterocycles. The molecule has 2 heterocycles. The number of nitrogens with zero attached hydrogens (tertiary/aromatic N) is 3. The van der Waals surface area contributed by atoms with Gasteiger partial charge in [-0.1, -0.05) is 6.07 Å². The lowest BCUT2D eigenvalue weighted by Crippen LogP contribution is -2.21. The normalized spacial score (nSPS) is 12.9. The van der Waals surface area contributed by atoms with Crippen molar-refractivity contribution in [3.63, 3.8) is 0 Å². The molecule has 2 aromatic heterocycles. The number of nitriles is 1. The van der Waals surface area contributed by atoms with E-state index >= 15 is 0 Å². The van der Waals surface area contributed by atoms with Gasteiger partial charge >= 0.3 is 5.97 Å². The summed E-state index contributed by atoms with van der Waals surface area (Å²) in [6.07, 6.45) is 5.52. The van der Waals surface area contributed by atoms with Crippen LogP contribution in [0.25, 0.3) is 10.9 Å². The molecule has 0 unspecified atom stereocenters. The van der Waals surface area contributed by atoms with E-state index in [9.17, 15) is 14.9 Å². The Labute approximate surface area is 177 Å². The van der Waals surface area contributed by atoms with E-state index < -0.39 is 18.5 Å². The van der Waals surface area contributed by atoms with E-state index in [0.29, 0.717) is 16.6 Å². The average molecular weight is 418 g/mol. The number of pyridine rings is 2. The molecular formula is C22H18N4O3S. The Bertz CT molecular complexity index is 1180. The van der Waals surface area contributed by atoms with E-state index in [2.05, 4.69) is 15.3 Å². The number of carbonyl (C=O) groups excluding carboxylic acids is 2. The highest BCUT2D eigenvalue weighted by Gasteiger charge is 2.29. The molecule has 1 saturated carbocycles. The van der Waals surface area contributed by atoms with Crippen LogP contribution < -0.4 is 5.32 Å². The van der Waals surface area contributed by atoms with Gasteiger partial charge in [0.25, 0.3) is 5.91 Å². The van der Waals surface area contributed by atoms with Crippen LogP contribution in [0.3, 0.4) is 0 Å². The summed E-state index contributed by atoms with van der Waals surface area (Å²) < 4.78 is 5.22. The lowest BCUT2D eigenvalue weighted by molar-refractivity contribution is -0.119. The number of thioether (sulfide) groups is 1. The lowest BCUT2D eigenvalue weighted by atomic mass is 10.1. The topological polar surface area (TPSA) is 105 Å². The van der Waals surface area contributed by atoms with Gasteiger partial charge in [0.1, 0.15) is 11.1 Å². The predicted octanol–water partition coefficient (Wildman–Crippen LogP) is 3.90. The molecule has 0 bridgehead atoms. The number of amides is 1. The van der Waals surface area contributed by atoms with Gasteiger partial charge in [0.15, 0.2) is 6.61 Å². The average Bonchev–Trinajstić information content (AvgIpc) is 3.62. The number of aromatic nitrogens is 2. The Hall–Kier alpha value is -3.44. The number of carbonyl (C=O) groups is 2. The fourth-order valence-corrected chi connectivity index (χ4v) is 3.71. The zero-order valence-electron chi connectivity index (χ0n) is 16.2. The third kappa shape index (κ3) is 4.11. The number of anilines is 1. The number of hydrogen-bond donors (Lipinski definition) is 1. The predicted molar refractivity (Wildman–Crippen MR) is 113 cm³/mol. The number of benzene rings is 1. The van der Waals surface area contributed by atoms with E-state index in [-0.39, 0.29) is 11.1 Å². The van der Waals surface area contributed by atoms with Gasteiger partial charge in [-0.05, 0) is 49.4 Å². The van der Waals surface area contributed by atoms with Crippen LogP contribution in [0.4, 0.5) is 5.69 Å². The largest absolute Gasteiger partial charge is 0.452 e. The minimum Gasteiger partial charge on any atom is -0.452 e. The van der Waals surface area contributed by atoms with Crippen molar-refractivity contribution >= 4 is 40.2 Å². The van der Waals surface area contributed by atoms with Gasteiger partial charge in [-0.2, -0.15) is 5.26 Å². The van der Waals surface area contributed by atoms with E-state index in [1.807, 2.05) is 18.2 Å². The summed E-state index contributed by atoms with van der Waals surface area (Å²) >= 11 is 1.31. The lowest BCUT2D eigenvalue weighted by Gasteiger charge is -2.11. The van der Waals surface area contributed by atoms with E-state index in [1.165, 1.54) is 11.8 Å². The maximum absolute atomic E-state index is 12.7. The van der Waals surface area contributed by atoms with Crippen LogP contribution in [0.15, 0.2) is 47.6 Å². The van der Waals surface area contributed by atoms with Crippen molar-refractivity contribution in [1.82, 2.24) is 9.97 Å². The molecule has 3 aromatic rings. The van der Waals surface area contributed by atoms with Crippen molar-refractivity contribution < 1.29 is 14.3 Å². The van der Waals surface area contributed by atoms with Crippen molar-refractivity contribution in [3.8, 4) is 6.07 Å². The minimum atomic E-state index is -0.708. The molecule has 4 rings (SSSR count). The first kappa shape index (κ1) is 19.9. The number of fused-ring (bicyclic) bond motifs is 1. The molecular weight excluding hydrogens is 400 g/mol. The molecule has 1 amide bonds. The van der Waals surface area contributed by atoms with Crippen molar-refractivity contribution in [1.29, 1.82) is 5.26 Å². The molecule has 0 atom stereocenters. The van der Waals surface area contributed by atoms with Gasteiger partial charge in [0, 0.05) is 23.2 Å². The summed E-state index contributed by atoms with van der Waals surface area (Å²) in [6, 6.07) is 12.7. The first-order valence-electron chi connectivity index (χ1n) is 9.40. The van der Waals surface area contributed by atoms with Crippen LogP contribution in [0, 0.1) is 11.3 Å². The molecule has 1 N–H and O–H groups in total. The summed E-state index contributed by atoms with van der Waals surface area (Å²) in [6.45, 7) is -0.462. The van der Waals surface area contributed by atoms with E-state index in [4.69, 9.17) is 4.74 Å². The van der Waals surface area contributed by atoms with Crippen molar-refractivity contribution in [2.45, 2.75) is 23.8 Å². The quantitative estimate of drug-likeness (QED) is 0.478. The summed E-state index contributed by atoms with van der Waals surface area (Å²) in [5.74, 6) is -0.862. The summed E-state index contributed by atoms with van der Waals surface area (Å²) in [4.78, 5) is 33.8. The standard InChI is InChI=1S/C22H18N4O3S/c1-30-21-16(11-23)15(10-19(26-21)13-7-8-13)22(28)29-12-20(27)25-18-6-2-5-17-14(18)4-3-9-24-17/h2-6,9-10,13H,7-8,12H2,1H3,(H,25,27). The van der Waals surface area contributed by atoms with Crippen LogP contribution in [-0.2, 0) is 9.53 Å². The maximum atomic E-state index is 12.7. The Morgan fingerprint density at radius 1 is 1.30 bits per heavy atom. The van der Waals surface area contributed by atoms with Crippen molar-refractivity contribution in [2.75, 3.05) is 18.2 Å². The van der Waals surface area contributed by atoms with Crippen LogP contribution in [-0.4, -0.2) is 34.7 Å². The molecule has 1 aliphatic carbocycles. The highest BCUT2D eigenvalue weighted by Crippen LogP contribution is 2.40. The number of rotatable bonds is 6. The molecule has 1 fully saturated rings. The maximum Gasteiger partial charge on any atom is 0.340 e. The molecule has 0 aliphatic heterocycles. The zero-order chi connectivity index (χ0) is 21.1. The van der Waals surface area contributed by atoms with Gasteiger partial charge in [0.2, 0.25) is 0 Å². The van der Waals surface area contributed by atoms with Crippen LogP contribution in [0.1, 0.15) is 40.4 Å². The molecule has 0 radical (unpaired) electrons. The third-order valence-corrected chi connectivity index (χ3v) is 5.46. The molecule has 7 nitrogen and oxygen atoms in total. The van der Waals surface area contributed by atoms with Crippen LogP contribution in [0.2, 0.25) is 0 Å². The Morgan fingerprint density at radius 2 is 2.13 bits per heavy atom. The highest BCUT2D eigenvalue weighted by atomic mass is 32.2. The van der Waals surface area contributed by atoms with Crippen LogP contribution >= 0.6 is 11.8 Å². The van der Waals surface area contributed by atoms with Crippen molar-refractivity contribution in [3.05, 3.63) is 59.4 Å². The van der Waals surface area contributed by atoms with Crippen molar-refractivity contribution in [2.24, 2.45) is 0 Å². The Balaban J connectivity index is 1.49. The summed E-state index contributed by atoms with van der Waals surface area (Å²) in [5, 5.41) is 13.5. The second-order valence-corrected chi connectivity index (χ2v) is 7.66. The second kappa shape index (κ2) is 8.51. The first-order chi connectivity index (χ1) is 14.6. The van der Waals surface area contributed by atoms with Gasteiger partial charge < -0.3 is 10.1 Å². The SMILES string of the molecule is CSc1nc(C2CC2)cc(C(=O)OCC(=O)Nc2cccc3ncccc23)c1C#N. The van der Waals surface area contributed by atoms with E-state index in [0.717, 1.165) is 29.4 Å². The third-order valence-electron chi connectivity index (χ3n) is 4.78. The second-order valence-electron chi connectivity index (χ2n) is 6.87. The number of ether oxygens (including phenoxy) is 1. The van der Waals surface area contributed by atoms with E-state index in [1.54, 1.807) is 36.7 Å².